The van der Waals surface area contributed by atoms with Crippen molar-refractivity contribution in [2.45, 2.75) is 51.6 Å². The molecule has 0 aromatic carbocycles. The molecule has 1 aromatic heterocycles. The average molecular weight is 346 g/mol. The van der Waals surface area contributed by atoms with Crippen molar-refractivity contribution in [2.24, 2.45) is 5.92 Å². The molecule has 0 unspecified atom stereocenters. The van der Waals surface area contributed by atoms with Crippen molar-refractivity contribution in [3.05, 3.63) is 11.6 Å². The lowest BCUT2D eigenvalue weighted by Gasteiger charge is -2.32. The molecule has 1 N–H and O–H groups in total. The van der Waals surface area contributed by atoms with E-state index in [0.29, 0.717) is 18.5 Å². The van der Waals surface area contributed by atoms with Gasteiger partial charge in [0.15, 0.2) is 0 Å². The van der Waals surface area contributed by atoms with E-state index in [9.17, 15) is 4.79 Å². The number of fused-ring (bicyclic) bond motifs is 1. The molecule has 7 heteroatoms. The quantitative estimate of drug-likeness (QED) is 0.878. The number of piperidine rings is 1. The van der Waals surface area contributed by atoms with E-state index in [0.717, 1.165) is 82.5 Å². The van der Waals surface area contributed by atoms with Gasteiger partial charge in [-0.15, -0.1) is 10.2 Å². The van der Waals surface area contributed by atoms with Crippen molar-refractivity contribution in [1.82, 2.24) is 29.9 Å². The molecule has 3 aliphatic rings. The first-order valence-corrected chi connectivity index (χ1v) is 9.86. The van der Waals surface area contributed by atoms with Crippen LogP contribution < -0.4 is 5.32 Å². The third-order valence-corrected chi connectivity index (χ3v) is 6.01. The summed E-state index contributed by atoms with van der Waals surface area (Å²) in [5.74, 6) is 3.22. The number of carbonyl (C=O) groups excluding carboxylic acids is 1. The van der Waals surface area contributed by atoms with Crippen molar-refractivity contribution in [3.63, 3.8) is 0 Å². The number of hydrogen-bond acceptors (Lipinski definition) is 5. The summed E-state index contributed by atoms with van der Waals surface area (Å²) >= 11 is 0. The molecular weight excluding hydrogens is 316 g/mol. The van der Waals surface area contributed by atoms with Crippen molar-refractivity contribution in [3.8, 4) is 0 Å². The maximum atomic E-state index is 12.6. The Labute approximate surface area is 149 Å². The number of rotatable bonds is 3. The maximum Gasteiger partial charge on any atom is 0.236 e. The molecule has 0 radical (unpaired) electrons. The molecule has 0 bridgehead atoms. The molecule has 25 heavy (non-hydrogen) atoms. The van der Waals surface area contributed by atoms with Gasteiger partial charge in [-0.25, -0.2) is 0 Å². The predicted octanol–water partition coefficient (Wildman–Crippen LogP) is 0.819. The van der Waals surface area contributed by atoms with Crippen LogP contribution in [0, 0.1) is 5.92 Å². The highest BCUT2D eigenvalue weighted by Gasteiger charge is 2.27. The van der Waals surface area contributed by atoms with Crippen LogP contribution in [-0.4, -0.2) is 69.7 Å². The summed E-state index contributed by atoms with van der Waals surface area (Å²) < 4.78 is 2.29. The summed E-state index contributed by atoms with van der Waals surface area (Å²) in [6, 6.07) is 0.352. The van der Waals surface area contributed by atoms with E-state index >= 15 is 0 Å². The molecule has 138 valence electrons. The van der Waals surface area contributed by atoms with Crippen LogP contribution in [0.3, 0.4) is 0 Å². The predicted molar refractivity (Wildman–Crippen MR) is 95.1 cm³/mol. The summed E-state index contributed by atoms with van der Waals surface area (Å²) in [5.41, 5.74) is 0. The third-order valence-electron chi connectivity index (χ3n) is 6.01. The van der Waals surface area contributed by atoms with Crippen molar-refractivity contribution in [2.75, 3.05) is 39.3 Å². The first-order valence-electron chi connectivity index (χ1n) is 9.86. The van der Waals surface area contributed by atoms with E-state index in [2.05, 4.69) is 36.8 Å². The lowest BCUT2D eigenvalue weighted by Crippen LogP contribution is -2.44. The Bertz CT molecular complexity index is 601. The van der Waals surface area contributed by atoms with Gasteiger partial charge < -0.3 is 14.8 Å². The Kier molecular flexibility index (Phi) is 5.03. The number of nitrogens with one attached hydrogen (secondary N) is 1. The van der Waals surface area contributed by atoms with Gasteiger partial charge in [0, 0.05) is 39.1 Å². The number of nitrogens with zero attached hydrogens (tertiary/aromatic N) is 5. The topological polar surface area (TPSA) is 66.3 Å². The summed E-state index contributed by atoms with van der Waals surface area (Å²) in [5, 5.41) is 12.4. The summed E-state index contributed by atoms with van der Waals surface area (Å²) in [7, 11) is 0. The van der Waals surface area contributed by atoms with E-state index < -0.39 is 0 Å². The lowest BCUT2D eigenvalue weighted by atomic mass is 9.99. The van der Waals surface area contributed by atoms with Gasteiger partial charge in [0.1, 0.15) is 11.6 Å². The molecule has 0 aliphatic carbocycles. The van der Waals surface area contributed by atoms with Crippen LogP contribution in [0.5, 0.6) is 0 Å². The van der Waals surface area contributed by atoms with Gasteiger partial charge in [0.2, 0.25) is 5.91 Å². The molecule has 2 fully saturated rings. The monoisotopic (exact) mass is 346 g/mol. The summed E-state index contributed by atoms with van der Waals surface area (Å²) in [6.45, 7) is 8.44. The van der Waals surface area contributed by atoms with Crippen molar-refractivity contribution < 1.29 is 4.79 Å². The lowest BCUT2D eigenvalue weighted by molar-refractivity contribution is -0.133. The Morgan fingerprint density at radius 2 is 1.96 bits per heavy atom. The van der Waals surface area contributed by atoms with E-state index in [1.54, 1.807) is 0 Å². The van der Waals surface area contributed by atoms with E-state index in [1.165, 1.54) is 6.42 Å². The van der Waals surface area contributed by atoms with Crippen LogP contribution in [0.1, 0.15) is 50.3 Å². The SMILES string of the molecule is CC1CCN(C(=O)CN2CCc3nnc([C@@H]4CCCN4)n3CC2)CC1. The van der Waals surface area contributed by atoms with Crippen LogP contribution in [0.15, 0.2) is 0 Å². The van der Waals surface area contributed by atoms with Crippen molar-refractivity contribution in [1.29, 1.82) is 0 Å². The number of carbonyl (C=O) groups is 1. The second-order valence-electron chi connectivity index (χ2n) is 7.86. The number of aromatic nitrogens is 3. The zero-order chi connectivity index (χ0) is 17.2. The molecule has 4 rings (SSSR count). The van der Waals surface area contributed by atoms with E-state index in [-0.39, 0.29) is 0 Å². The minimum absolute atomic E-state index is 0.294. The molecule has 2 saturated heterocycles. The van der Waals surface area contributed by atoms with Crippen LogP contribution in [0.4, 0.5) is 0 Å². The standard InChI is InChI=1S/C18H30N6O/c1-14-4-9-23(10-5-14)17(25)13-22-8-6-16-20-21-18(24(16)12-11-22)15-3-2-7-19-15/h14-15,19H,2-13H2,1H3/t15-/m0/s1. The molecule has 1 atom stereocenters. The molecular formula is C18H30N6O. The second-order valence-corrected chi connectivity index (χ2v) is 7.86. The van der Waals surface area contributed by atoms with Crippen LogP contribution in [0.2, 0.25) is 0 Å². The Hall–Kier alpha value is -1.47. The van der Waals surface area contributed by atoms with Crippen molar-refractivity contribution >= 4 is 5.91 Å². The molecule has 7 nitrogen and oxygen atoms in total. The van der Waals surface area contributed by atoms with Gasteiger partial charge in [-0.05, 0) is 38.1 Å². The highest BCUT2D eigenvalue weighted by atomic mass is 16.2. The normalized spacial score (nSPS) is 25.8. The number of hydrogen-bond donors (Lipinski definition) is 1. The fraction of sp³-hybridized carbons (Fsp3) is 0.833. The Morgan fingerprint density at radius 1 is 1.12 bits per heavy atom. The molecule has 0 spiro atoms. The van der Waals surface area contributed by atoms with Crippen LogP contribution >= 0.6 is 0 Å². The Morgan fingerprint density at radius 3 is 2.72 bits per heavy atom. The zero-order valence-electron chi connectivity index (χ0n) is 15.3. The second kappa shape index (κ2) is 7.41. The molecule has 1 amide bonds. The van der Waals surface area contributed by atoms with Gasteiger partial charge in [0.05, 0.1) is 12.6 Å². The van der Waals surface area contributed by atoms with Gasteiger partial charge in [-0.1, -0.05) is 6.92 Å². The number of amides is 1. The smallest absolute Gasteiger partial charge is 0.236 e. The summed E-state index contributed by atoms with van der Waals surface area (Å²) in [4.78, 5) is 17.0. The molecule has 4 heterocycles. The third kappa shape index (κ3) is 3.72. The Balaban J connectivity index is 1.35. The molecule has 0 saturated carbocycles. The average Bonchev–Trinajstić information content (AvgIpc) is 3.23. The maximum absolute atomic E-state index is 12.6. The van der Waals surface area contributed by atoms with E-state index in [1.807, 2.05) is 0 Å². The van der Waals surface area contributed by atoms with Gasteiger partial charge in [-0.2, -0.15) is 0 Å². The summed E-state index contributed by atoms with van der Waals surface area (Å²) in [6.07, 6.45) is 5.52. The fourth-order valence-electron chi connectivity index (χ4n) is 4.26. The first kappa shape index (κ1) is 17.0. The van der Waals surface area contributed by atoms with Crippen LogP contribution in [-0.2, 0) is 17.8 Å². The highest BCUT2D eigenvalue weighted by molar-refractivity contribution is 5.78. The zero-order valence-corrected chi connectivity index (χ0v) is 15.3. The first-order chi connectivity index (χ1) is 12.2. The minimum atomic E-state index is 0.294. The largest absolute Gasteiger partial charge is 0.342 e. The number of likely N-dealkylation sites (tertiary alicyclic amines) is 1. The van der Waals surface area contributed by atoms with Crippen LogP contribution in [0.25, 0.3) is 0 Å². The van der Waals surface area contributed by atoms with Gasteiger partial charge in [-0.3, -0.25) is 9.69 Å². The molecule has 3 aliphatic heterocycles. The molecule has 1 aromatic rings. The highest BCUT2D eigenvalue weighted by Crippen LogP contribution is 2.23. The van der Waals surface area contributed by atoms with Gasteiger partial charge in [0.25, 0.3) is 0 Å². The fourth-order valence-corrected chi connectivity index (χ4v) is 4.26. The van der Waals surface area contributed by atoms with Gasteiger partial charge >= 0.3 is 0 Å². The van der Waals surface area contributed by atoms with E-state index in [4.69, 9.17) is 0 Å². The minimum Gasteiger partial charge on any atom is -0.342 e.